The summed E-state index contributed by atoms with van der Waals surface area (Å²) in [6.45, 7) is 2.34. The zero-order chi connectivity index (χ0) is 10.3. The van der Waals surface area contributed by atoms with Gasteiger partial charge in [-0.3, -0.25) is 9.69 Å². The van der Waals surface area contributed by atoms with E-state index in [1.807, 2.05) is 11.6 Å². The van der Waals surface area contributed by atoms with E-state index in [1.54, 1.807) is 0 Å². The van der Waals surface area contributed by atoms with Crippen molar-refractivity contribution in [2.45, 2.75) is 13.1 Å². The maximum Gasteiger partial charge on any atom is 0.269 e. The molecule has 14 heavy (non-hydrogen) atoms. The number of hydrogen-bond acceptors (Lipinski definition) is 3. The van der Waals surface area contributed by atoms with Crippen LogP contribution in [0.1, 0.15) is 16.2 Å². The van der Waals surface area contributed by atoms with Gasteiger partial charge in [-0.25, -0.2) is 4.98 Å². The number of primary amides is 1. The van der Waals surface area contributed by atoms with Crippen molar-refractivity contribution in [2.24, 2.45) is 5.73 Å². The fourth-order valence-electron chi connectivity index (χ4n) is 1.72. The van der Waals surface area contributed by atoms with Crippen LogP contribution < -0.4 is 11.5 Å². The summed E-state index contributed by atoms with van der Waals surface area (Å²) in [5.41, 5.74) is 6.71. The summed E-state index contributed by atoms with van der Waals surface area (Å²) in [5, 5.41) is 0. The number of hydrogen-bond donors (Lipinski definition) is 1. The molecule has 0 saturated carbocycles. The Kier molecular flexibility index (Phi) is 2.07. The first-order chi connectivity index (χ1) is 6.59. The van der Waals surface area contributed by atoms with Gasteiger partial charge in [-0.05, 0) is 7.05 Å². The van der Waals surface area contributed by atoms with Crippen molar-refractivity contribution < 1.29 is 4.79 Å². The van der Waals surface area contributed by atoms with Crippen molar-refractivity contribution in [1.82, 2.24) is 14.5 Å². The van der Waals surface area contributed by atoms with Crippen molar-refractivity contribution in [3.63, 3.8) is 0 Å². The standard InChI is InChI=1S/C8H11BN4O/c1-12-2-3-13-5(4-12)6(7(10)14)11-8(13)9/h2-4H2,1H3,(H2,10,14). The fraction of sp³-hybridized carbons (Fsp3) is 0.500. The molecule has 0 fully saturated rings. The van der Waals surface area contributed by atoms with Gasteiger partial charge in [0.25, 0.3) is 5.91 Å². The smallest absolute Gasteiger partial charge is 0.269 e. The molecule has 2 rings (SSSR count). The van der Waals surface area contributed by atoms with Crippen LogP contribution in [-0.2, 0) is 13.1 Å². The summed E-state index contributed by atoms with van der Waals surface area (Å²) in [7, 11) is 7.65. The van der Waals surface area contributed by atoms with E-state index in [2.05, 4.69) is 9.88 Å². The van der Waals surface area contributed by atoms with E-state index < -0.39 is 5.91 Å². The third-order valence-corrected chi connectivity index (χ3v) is 2.46. The maximum absolute atomic E-state index is 11.1. The molecule has 1 amide bonds. The van der Waals surface area contributed by atoms with Crippen LogP contribution in [0.4, 0.5) is 0 Å². The first kappa shape index (κ1) is 9.27. The Labute approximate surface area is 83.3 Å². The quantitative estimate of drug-likeness (QED) is 0.532. The number of fused-ring (bicyclic) bond motifs is 1. The van der Waals surface area contributed by atoms with Gasteiger partial charge in [0.05, 0.1) is 11.4 Å². The predicted molar refractivity (Wildman–Crippen MR) is 52.5 cm³/mol. The highest BCUT2D eigenvalue weighted by molar-refractivity contribution is 6.29. The number of rotatable bonds is 1. The van der Waals surface area contributed by atoms with Gasteiger partial charge in [0.15, 0.2) is 7.85 Å². The fourth-order valence-corrected chi connectivity index (χ4v) is 1.72. The van der Waals surface area contributed by atoms with Crippen molar-refractivity contribution in [2.75, 3.05) is 13.6 Å². The van der Waals surface area contributed by atoms with Gasteiger partial charge in [0.1, 0.15) is 5.69 Å². The molecule has 5 nitrogen and oxygen atoms in total. The van der Waals surface area contributed by atoms with Crippen LogP contribution in [0.15, 0.2) is 0 Å². The van der Waals surface area contributed by atoms with Crippen LogP contribution in [0.2, 0.25) is 0 Å². The molecule has 2 heterocycles. The minimum absolute atomic E-state index is 0.300. The van der Waals surface area contributed by atoms with E-state index >= 15 is 0 Å². The molecular weight excluding hydrogens is 179 g/mol. The Morgan fingerprint density at radius 1 is 1.57 bits per heavy atom. The van der Waals surface area contributed by atoms with Crippen LogP contribution in [-0.4, -0.2) is 41.8 Å². The largest absolute Gasteiger partial charge is 0.364 e. The molecule has 1 aliphatic rings. The normalized spacial score (nSPS) is 16.6. The van der Waals surface area contributed by atoms with Crippen LogP contribution in [0.25, 0.3) is 0 Å². The lowest BCUT2D eigenvalue weighted by molar-refractivity contribution is 0.0993. The van der Waals surface area contributed by atoms with Gasteiger partial charge in [-0.1, -0.05) is 0 Å². The van der Waals surface area contributed by atoms with Crippen LogP contribution in [0, 0.1) is 0 Å². The Morgan fingerprint density at radius 2 is 2.29 bits per heavy atom. The lowest BCUT2D eigenvalue weighted by atomic mass is 10.1. The third-order valence-electron chi connectivity index (χ3n) is 2.46. The zero-order valence-electron chi connectivity index (χ0n) is 8.03. The van der Waals surface area contributed by atoms with E-state index in [9.17, 15) is 4.79 Å². The van der Waals surface area contributed by atoms with Crippen molar-refractivity contribution >= 4 is 19.5 Å². The first-order valence-corrected chi connectivity index (χ1v) is 4.43. The average Bonchev–Trinajstić information content (AvgIpc) is 2.43. The van der Waals surface area contributed by atoms with Crippen molar-refractivity contribution in [1.29, 1.82) is 0 Å². The zero-order valence-corrected chi connectivity index (χ0v) is 8.03. The summed E-state index contributed by atoms with van der Waals surface area (Å²) >= 11 is 0. The third kappa shape index (κ3) is 1.31. The van der Waals surface area contributed by atoms with Gasteiger partial charge < -0.3 is 10.3 Å². The van der Waals surface area contributed by atoms with Crippen LogP contribution in [0.3, 0.4) is 0 Å². The predicted octanol–water partition coefficient (Wildman–Crippen LogP) is -1.78. The highest BCUT2D eigenvalue weighted by Gasteiger charge is 2.22. The molecule has 1 aliphatic heterocycles. The van der Waals surface area contributed by atoms with Crippen molar-refractivity contribution in [3.05, 3.63) is 11.4 Å². The number of aromatic nitrogens is 2. The number of imidazole rings is 1. The maximum atomic E-state index is 11.1. The molecule has 0 aromatic carbocycles. The first-order valence-electron chi connectivity index (χ1n) is 4.43. The molecule has 0 atom stereocenters. The minimum Gasteiger partial charge on any atom is -0.364 e. The molecule has 2 N–H and O–H groups in total. The molecule has 0 aliphatic carbocycles. The number of carbonyl (C=O) groups is 1. The molecule has 0 saturated heterocycles. The van der Waals surface area contributed by atoms with Crippen LogP contribution in [0.5, 0.6) is 0 Å². The van der Waals surface area contributed by atoms with Gasteiger partial charge in [0.2, 0.25) is 0 Å². The highest BCUT2D eigenvalue weighted by Crippen LogP contribution is 2.12. The Morgan fingerprint density at radius 3 is 2.93 bits per heavy atom. The van der Waals surface area contributed by atoms with Crippen LogP contribution >= 0.6 is 0 Å². The summed E-state index contributed by atoms with van der Waals surface area (Å²) in [5.74, 6) is -0.513. The number of nitrogens with zero attached hydrogens (tertiary/aromatic N) is 3. The molecule has 0 bridgehead atoms. The summed E-state index contributed by atoms with van der Waals surface area (Å²) < 4.78 is 1.85. The molecule has 1 aromatic rings. The summed E-state index contributed by atoms with van der Waals surface area (Å²) in [4.78, 5) is 17.1. The second-order valence-electron chi connectivity index (χ2n) is 3.52. The molecule has 0 spiro atoms. The average molecular weight is 190 g/mol. The summed E-state index contributed by atoms with van der Waals surface area (Å²) in [6, 6.07) is 0. The van der Waals surface area contributed by atoms with Gasteiger partial charge in [0, 0.05) is 19.6 Å². The number of carbonyl (C=O) groups excluding carboxylic acids is 1. The topological polar surface area (TPSA) is 64.1 Å². The summed E-state index contributed by atoms with van der Waals surface area (Å²) in [6.07, 6.45) is 0. The number of likely N-dealkylation sites (N-methyl/N-ethyl adjacent to an activating group) is 1. The minimum atomic E-state index is -0.513. The van der Waals surface area contributed by atoms with Gasteiger partial charge >= 0.3 is 0 Å². The second kappa shape index (κ2) is 3.13. The molecule has 0 unspecified atom stereocenters. The van der Waals surface area contributed by atoms with E-state index in [0.29, 0.717) is 18.0 Å². The Balaban J connectivity index is 2.50. The van der Waals surface area contributed by atoms with Gasteiger partial charge in [-0.15, -0.1) is 0 Å². The lowest BCUT2D eigenvalue weighted by Gasteiger charge is -2.25. The number of amides is 1. The molecule has 72 valence electrons. The number of nitrogens with two attached hydrogens (primary N) is 1. The second-order valence-corrected chi connectivity index (χ2v) is 3.52. The lowest BCUT2D eigenvalue weighted by Crippen LogP contribution is -2.35. The van der Waals surface area contributed by atoms with E-state index in [1.165, 1.54) is 0 Å². The molecule has 6 heteroatoms. The molecule has 1 aromatic heterocycles. The monoisotopic (exact) mass is 190 g/mol. The van der Waals surface area contributed by atoms with E-state index in [0.717, 1.165) is 18.8 Å². The van der Waals surface area contributed by atoms with Crippen molar-refractivity contribution in [3.8, 4) is 0 Å². The Hall–Kier alpha value is -1.30. The Bertz CT molecular complexity index is 387. The highest BCUT2D eigenvalue weighted by atomic mass is 16.1. The van der Waals surface area contributed by atoms with Gasteiger partial charge in [-0.2, -0.15) is 0 Å². The van der Waals surface area contributed by atoms with E-state index in [4.69, 9.17) is 13.6 Å². The molecular formula is C8H11BN4O. The molecule has 2 radical (unpaired) electrons. The SMILES string of the molecule is [B]c1nc(C(N)=O)c2n1CCN(C)C2. The van der Waals surface area contributed by atoms with E-state index in [-0.39, 0.29) is 0 Å².